The predicted octanol–water partition coefficient (Wildman–Crippen LogP) is 5.30. The van der Waals surface area contributed by atoms with Crippen LogP contribution in [-0.4, -0.2) is 12.5 Å². The summed E-state index contributed by atoms with van der Waals surface area (Å²) < 4.78 is 0. The number of hydrogen-bond donors (Lipinski definition) is 1. The Labute approximate surface area is 144 Å². The third-order valence-electron chi connectivity index (χ3n) is 4.36. The SMILES string of the molecule is O=C(NCC1(c2cccs2)CCCC1)c1cc(Cl)ccc1Cl. The van der Waals surface area contributed by atoms with Crippen molar-refractivity contribution in [2.24, 2.45) is 0 Å². The lowest BCUT2D eigenvalue weighted by molar-refractivity contribution is 0.0943. The van der Waals surface area contributed by atoms with Crippen molar-refractivity contribution in [3.05, 3.63) is 56.2 Å². The molecular weight excluding hydrogens is 337 g/mol. The molecule has 1 aliphatic rings. The fourth-order valence-corrected chi connectivity index (χ4v) is 4.52. The highest BCUT2D eigenvalue weighted by atomic mass is 35.5. The summed E-state index contributed by atoms with van der Waals surface area (Å²) in [6.07, 6.45) is 4.67. The van der Waals surface area contributed by atoms with Crippen molar-refractivity contribution in [2.75, 3.05) is 6.54 Å². The first-order chi connectivity index (χ1) is 10.6. The topological polar surface area (TPSA) is 29.1 Å². The fraction of sp³-hybridized carbons (Fsp3) is 0.353. The third kappa shape index (κ3) is 3.17. The smallest absolute Gasteiger partial charge is 0.252 e. The number of amides is 1. The molecule has 1 amide bonds. The molecule has 1 aromatic carbocycles. The van der Waals surface area contributed by atoms with E-state index >= 15 is 0 Å². The Balaban J connectivity index is 1.76. The van der Waals surface area contributed by atoms with Gasteiger partial charge in [-0.15, -0.1) is 11.3 Å². The first-order valence-corrected chi connectivity index (χ1v) is 9.02. The Kier molecular flexibility index (Phi) is 4.76. The summed E-state index contributed by atoms with van der Waals surface area (Å²) >= 11 is 13.8. The maximum atomic E-state index is 12.4. The molecule has 0 atom stereocenters. The summed E-state index contributed by atoms with van der Waals surface area (Å²) in [5, 5.41) is 6.11. The Hall–Kier alpha value is -1.03. The Morgan fingerprint density at radius 1 is 1.23 bits per heavy atom. The minimum Gasteiger partial charge on any atom is -0.351 e. The average Bonchev–Trinajstić information content (AvgIpc) is 3.19. The van der Waals surface area contributed by atoms with Crippen LogP contribution in [0.15, 0.2) is 35.7 Å². The number of nitrogens with one attached hydrogen (secondary N) is 1. The maximum Gasteiger partial charge on any atom is 0.252 e. The minimum atomic E-state index is -0.157. The van der Waals surface area contributed by atoms with Gasteiger partial charge in [-0.1, -0.05) is 42.1 Å². The van der Waals surface area contributed by atoms with Crippen LogP contribution in [0.1, 0.15) is 40.9 Å². The van der Waals surface area contributed by atoms with Gasteiger partial charge in [-0.2, -0.15) is 0 Å². The molecule has 0 saturated heterocycles. The lowest BCUT2D eigenvalue weighted by atomic mass is 9.84. The van der Waals surface area contributed by atoms with Gasteiger partial charge in [0.15, 0.2) is 0 Å². The van der Waals surface area contributed by atoms with E-state index in [4.69, 9.17) is 23.2 Å². The molecule has 1 saturated carbocycles. The molecule has 116 valence electrons. The van der Waals surface area contributed by atoms with Crippen molar-refractivity contribution in [1.82, 2.24) is 5.32 Å². The zero-order valence-electron chi connectivity index (χ0n) is 12.1. The molecule has 0 bridgehead atoms. The van der Waals surface area contributed by atoms with Crippen LogP contribution in [0, 0.1) is 0 Å². The van der Waals surface area contributed by atoms with E-state index in [0.29, 0.717) is 22.2 Å². The number of carbonyl (C=O) groups excluding carboxylic acids is 1. The molecular formula is C17H17Cl2NOS. The molecule has 0 unspecified atom stereocenters. The Morgan fingerprint density at radius 3 is 2.68 bits per heavy atom. The molecule has 1 N–H and O–H groups in total. The standard InChI is InChI=1S/C17H17Cl2NOS/c18-12-5-6-14(19)13(10-12)16(21)20-11-17(7-1-2-8-17)15-4-3-9-22-15/h3-6,9-10H,1-2,7-8,11H2,(H,20,21). The highest BCUT2D eigenvalue weighted by Gasteiger charge is 2.36. The van der Waals surface area contributed by atoms with Crippen LogP contribution < -0.4 is 5.32 Å². The first kappa shape index (κ1) is 15.9. The van der Waals surface area contributed by atoms with Gasteiger partial charge in [-0.25, -0.2) is 0 Å². The highest BCUT2D eigenvalue weighted by Crippen LogP contribution is 2.42. The van der Waals surface area contributed by atoms with Crippen LogP contribution in [0.5, 0.6) is 0 Å². The summed E-state index contributed by atoms with van der Waals surface area (Å²) in [5.41, 5.74) is 0.517. The van der Waals surface area contributed by atoms with Crippen LogP contribution >= 0.6 is 34.5 Å². The molecule has 0 aliphatic heterocycles. The molecule has 2 nitrogen and oxygen atoms in total. The number of carbonyl (C=O) groups is 1. The number of halogens is 2. The molecule has 5 heteroatoms. The molecule has 0 spiro atoms. The van der Waals surface area contributed by atoms with Crippen molar-refractivity contribution in [3.63, 3.8) is 0 Å². The number of hydrogen-bond acceptors (Lipinski definition) is 2. The van der Waals surface area contributed by atoms with Crippen LogP contribution in [0.2, 0.25) is 10.0 Å². The highest BCUT2D eigenvalue weighted by molar-refractivity contribution is 7.10. The average molecular weight is 354 g/mol. The van der Waals surface area contributed by atoms with Gasteiger partial charge in [0.05, 0.1) is 10.6 Å². The van der Waals surface area contributed by atoms with E-state index < -0.39 is 0 Å². The molecule has 1 aromatic heterocycles. The number of benzene rings is 1. The van der Waals surface area contributed by atoms with E-state index in [-0.39, 0.29) is 11.3 Å². The summed E-state index contributed by atoms with van der Waals surface area (Å²) in [7, 11) is 0. The second kappa shape index (κ2) is 6.61. The van der Waals surface area contributed by atoms with E-state index in [1.807, 2.05) is 0 Å². The van der Waals surface area contributed by atoms with Gasteiger partial charge < -0.3 is 5.32 Å². The summed E-state index contributed by atoms with van der Waals surface area (Å²) in [6.45, 7) is 0.648. The van der Waals surface area contributed by atoms with Crippen molar-refractivity contribution in [3.8, 4) is 0 Å². The molecule has 1 aliphatic carbocycles. The van der Waals surface area contributed by atoms with Gasteiger partial charge in [-0.3, -0.25) is 4.79 Å². The predicted molar refractivity (Wildman–Crippen MR) is 93.3 cm³/mol. The van der Waals surface area contributed by atoms with Gasteiger partial charge in [0.25, 0.3) is 5.91 Å². The van der Waals surface area contributed by atoms with Gasteiger partial charge >= 0.3 is 0 Å². The van der Waals surface area contributed by atoms with E-state index in [1.165, 1.54) is 17.7 Å². The summed E-state index contributed by atoms with van der Waals surface area (Å²) in [6, 6.07) is 9.21. The van der Waals surface area contributed by atoms with Crippen LogP contribution in [0.25, 0.3) is 0 Å². The summed E-state index contributed by atoms with van der Waals surface area (Å²) in [4.78, 5) is 13.8. The van der Waals surface area contributed by atoms with Crippen LogP contribution in [0.4, 0.5) is 0 Å². The monoisotopic (exact) mass is 353 g/mol. The second-order valence-electron chi connectivity index (χ2n) is 5.77. The van der Waals surface area contributed by atoms with E-state index in [0.717, 1.165) is 12.8 Å². The van der Waals surface area contributed by atoms with Crippen molar-refractivity contribution >= 4 is 40.4 Å². The Bertz CT molecular complexity index is 663. The zero-order chi connectivity index (χ0) is 15.6. The molecule has 1 fully saturated rings. The van der Waals surface area contributed by atoms with Gasteiger partial charge in [0.1, 0.15) is 0 Å². The number of rotatable bonds is 4. The first-order valence-electron chi connectivity index (χ1n) is 7.38. The minimum absolute atomic E-state index is 0.0783. The second-order valence-corrected chi connectivity index (χ2v) is 7.56. The fourth-order valence-electron chi connectivity index (χ4n) is 3.16. The van der Waals surface area contributed by atoms with Gasteiger partial charge in [0.2, 0.25) is 0 Å². The molecule has 1 heterocycles. The lowest BCUT2D eigenvalue weighted by Gasteiger charge is -2.28. The number of thiophene rings is 1. The van der Waals surface area contributed by atoms with Crippen molar-refractivity contribution < 1.29 is 4.79 Å². The van der Waals surface area contributed by atoms with Crippen molar-refractivity contribution in [2.45, 2.75) is 31.1 Å². The zero-order valence-corrected chi connectivity index (χ0v) is 14.4. The third-order valence-corrected chi connectivity index (χ3v) is 6.05. The van der Waals surface area contributed by atoms with Crippen LogP contribution in [-0.2, 0) is 5.41 Å². The lowest BCUT2D eigenvalue weighted by Crippen LogP contribution is -2.38. The maximum absolute atomic E-state index is 12.4. The largest absolute Gasteiger partial charge is 0.351 e. The van der Waals surface area contributed by atoms with Gasteiger partial charge in [0, 0.05) is 21.9 Å². The molecule has 2 aromatic rings. The molecule has 0 radical (unpaired) electrons. The van der Waals surface area contributed by atoms with Crippen LogP contribution in [0.3, 0.4) is 0 Å². The normalized spacial score (nSPS) is 16.6. The molecule has 3 rings (SSSR count). The molecule has 22 heavy (non-hydrogen) atoms. The van der Waals surface area contributed by atoms with E-state index in [2.05, 4.69) is 22.8 Å². The van der Waals surface area contributed by atoms with Crippen molar-refractivity contribution in [1.29, 1.82) is 0 Å². The van der Waals surface area contributed by atoms with E-state index in [1.54, 1.807) is 29.5 Å². The van der Waals surface area contributed by atoms with Gasteiger partial charge in [-0.05, 0) is 42.5 Å². The van der Waals surface area contributed by atoms with E-state index in [9.17, 15) is 4.79 Å². The summed E-state index contributed by atoms with van der Waals surface area (Å²) in [5.74, 6) is -0.157. The quantitative estimate of drug-likeness (QED) is 0.793. The Morgan fingerprint density at radius 2 is 2.00 bits per heavy atom.